The zero-order chi connectivity index (χ0) is 14.8. The second-order valence-corrected chi connectivity index (χ2v) is 6.23. The number of hydrogen-bond acceptors (Lipinski definition) is 4. The zero-order valence-corrected chi connectivity index (χ0v) is 12.8. The average molecular weight is 341 g/mol. The summed E-state index contributed by atoms with van der Waals surface area (Å²) in [5, 5.41) is 0. The maximum Gasteiger partial charge on any atom is 0.413 e. The highest BCUT2D eigenvalue weighted by Crippen LogP contribution is 2.31. The third-order valence-electron chi connectivity index (χ3n) is 2.71. The SMILES string of the molecule is COc1ccc2c(c1)CN(C(=O)OC(Cl)(Cl)Cl)CCO2. The Morgan fingerprint density at radius 2 is 2.15 bits per heavy atom. The smallest absolute Gasteiger partial charge is 0.413 e. The molecule has 0 fully saturated rings. The third-order valence-corrected chi connectivity index (χ3v) is 2.94. The van der Waals surface area contributed by atoms with Crippen LogP contribution in [0.4, 0.5) is 4.79 Å². The largest absolute Gasteiger partial charge is 0.497 e. The van der Waals surface area contributed by atoms with Gasteiger partial charge in [-0.1, -0.05) is 0 Å². The number of halogens is 3. The van der Waals surface area contributed by atoms with Gasteiger partial charge in [-0.25, -0.2) is 4.79 Å². The van der Waals surface area contributed by atoms with Crippen molar-refractivity contribution in [2.24, 2.45) is 0 Å². The molecule has 1 aromatic rings. The molecule has 110 valence electrons. The first-order valence-electron chi connectivity index (χ1n) is 5.73. The van der Waals surface area contributed by atoms with Crippen molar-refractivity contribution >= 4 is 40.9 Å². The summed E-state index contributed by atoms with van der Waals surface area (Å²) in [6.07, 6.45) is -0.718. The van der Waals surface area contributed by atoms with Crippen molar-refractivity contribution < 1.29 is 19.0 Å². The molecule has 5 nitrogen and oxygen atoms in total. The number of hydrogen-bond donors (Lipinski definition) is 0. The normalized spacial score (nSPS) is 14.9. The Kier molecular flexibility index (Phi) is 4.73. The quantitative estimate of drug-likeness (QED) is 0.736. The molecule has 20 heavy (non-hydrogen) atoms. The molecule has 0 saturated heterocycles. The van der Waals surface area contributed by atoms with Crippen LogP contribution in [-0.4, -0.2) is 35.2 Å². The van der Waals surface area contributed by atoms with E-state index in [1.807, 2.05) is 0 Å². The number of fused-ring (bicyclic) bond motifs is 1. The van der Waals surface area contributed by atoms with Gasteiger partial charge in [0.15, 0.2) is 0 Å². The van der Waals surface area contributed by atoms with Crippen molar-refractivity contribution in [2.45, 2.75) is 10.5 Å². The lowest BCUT2D eigenvalue weighted by atomic mass is 10.2. The van der Waals surface area contributed by atoms with Gasteiger partial charge in [-0.15, -0.1) is 0 Å². The van der Waals surface area contributed by atoms with E-state index in [0.29, 0.717) is 24.7 Å². The Balaban J connectivity index is 2.16. The fourth-order valence-electron chi connectivity index (χ4n) is 1.82. The van der Waals surface area contributed by atoms with Crippen molar-refractivity contribution in [1.82, 2.24) is 4.90 Å². The summed E-state index contributed by atoms with van der Waals surface area (Å²) in [6, 6.07) is 5.36. The van der Waals surface area contributed by atoms with Crippen LogP contribution in [0.15, 0.2) is 18.2 Å². The van der Waals surface area contributed by atoms with Crippen molar-refractivity contribution in [2.75, 3.05) is 20.3 Å². The molecule has 0 spiro atoms. The minimum atomic E-state index is -2.08. The Labute approximate surface area is 131 Å². The minimum Gasteiger partial charge on any atom is -0.497 e. The molecule has 0 aromatic heterocycles. The van der Waals surface area contributed by atoms with Crippen LogP contribution in [0, 0.1) is 0 Å². The lowest BCUT2D eigenvalue weighted by molar-refractivity contribution is 0.0950. The van der Waals surface area contributed by atoms with Crippen LogP contribution in [0.1, 0.15) is 5.56 Å². The Hall–Kier alpha value is -1.04. The molecule has 1 heterocycles. The fraction of sp³-hybridized carbons (Fsp3) is 0.417. The first-order valence-corrected chi connectivity index (χ1v) is 6.87. The predicted molar refractivity (Wildman–Crippen MR) is 75.7 cm³/mol. The van der Waals surface area contributed by atoms with Gasteiger partial charge in [0.05, 0.1) is 20.2 Å². The van der Waals surface area contributed by atoms with Crippen molar-refractivity contribution in [1.29, 1.82) is 0 Å². The van der Waals surface area contributed by atoms with Gasteiger partial charge in [-0.2, -0.15) is 0 Å². The summed E-state index contributed by atoms with van der Waals surface area (Å²) in [6.45, 7) is 0.941. The second-order valence-electron chi connectivity index (χ2n) is 4.06. The molecule has 0 bridgehead atoms. The molecular formula is C12H12Cl3NO4. The van der Waals surface area contributed by atoms with Crippen molar-refractivity contribution in [3.8, 4) is 11.5 Å². The second kappa shape index (κ2) is 6.16. The van der Waals surface area contributed by atoms with E-state index in [-0.39, 0.29) is 6.54 Å². The van der Waals surface area contributed by atoms with Crippen molar-refractivity contribution in [3.63, 3.8) is 0 Å². The summed E-state index contributed by atoms with van der Waals surface area (Å²) in [7, 11) is 1.56. The number of ether oxygens (including phenoxy) is 3. The van der Waals surface area contributed by atoms with Crippen LogP contribution in [0.2, 0.25) is 0 Å². The first kappa shape index (κ1) is 15.4. The Morgan fingerprint density at radius 1 is 1.40 bits per heavy atom. The van der Waals surface area contributed by atoms with E-state index in [4.69, 9.17) is 49.0 Å². The fourth-order valence-corrected chi connectivity index (χ4v) is 2.02. The van der Waals surface area contributed by atoms with E-state index in [1.165, 1.54) is 4.90 Å². The number of amides is 1. The van der Waals surface area contributed by atoms with Crippen LogP contribution in [0.3, 0.4) is 0 Å². The number of nitrogens with zero attached hydrogens (tertiary/aromatic N) is 1. The van der Waals surface area contributed by atoms with Gasteiger partial charge >= 0.3 is 10.1 Å². The van der Waals surface area contributed by atoms with Gasteiger partial charge in [0.1, 0.15) is 18.1 Å². The monoisotopic (exact) mass is 339 g/mol. The lowest BCUT2D eigenvalue weighted by Crippen LogP contribution is -2.35. The molecule has 0 radical (unpaired) electrons. The summed E-state index contributed by atoms with van der Waals surface area (Å²) in [4.78, 5) is 13.3. The van der Waals surface area contributed by atoms with Crippen LogP contribution >= 0.6 is 34.8 Å². The van der Waals surface area contributed by atoms with Gasteiger partial charge in [-0.05, 0) is 53.0 Å². The summed E-state index contributed by atoms with van der Waals surface area (Å²) in [5.74, 6) is 1.36. The number of benzene rings is 1. The van der Waals surface area contributed by atoms with Gasteiger partial charge < -0.3 is 19.1 Å². The number of methoxy groups -OCH3 is 1. The maximum atomic E-state index is 11.9. The topological polar surface area (TPSA) is 48.0 Å². The molecule has 1 aliphatic rings. The van der Waals surface area contributed by atoms with E-state index >= 15 is 0 Å². The van der Waals surface area contributed by atoms with E-state index in [1.54, 1.807) is 25.3 Å². The minimum absolute atomic E-state index is 0.284. The molecule has 1 amide bonds. The van der Waals surface area contributed by atoms with E-state index in [0.717, 1.165) is 5.56 Å². The Bertz CT molecular complexity index is 504. The highest BCUT2D eigenvalue weighted by molar-refractivity contribution is 6.66. The summed E-state index contributed by atoms with van der Waals surface area (Å²) >= 11 is 16.3. The van der Waals surface area contributed by atoms with Gasteiger partial charge in [0.2, 0.25) is 0 Å². The van der Waals surface area contributed by atoms with E-state index in [9.17, 15) is 4.79 Å². The van der Waals surface area contributed by atoms with Crippen LogP contribution in [-0.2, 0) is 11.3 Å². The van der Waals surface area contributed by atoms with Gasteiger partial charge in [0.25, 0.3) is 0 Å². The zero-order valence-electron chi connectivity index (χ0n) is 10.6. The highest BCUT2D eigenvalue weighted by Gasteiger charge is 2.30. The number of carbonyl (C=O) groups is 1. The standard InChI is InChI=1S/C12H12Cl3NO4/c1-18-9-2-3-10-8(6-9)7-16(4-5-19-10)11(17)20-12(13,14)15/h2-3,6H,4-5,7H2,1H3. The number of carbonyl (C=O) groups excluding carboxylic acids is 1. The number of alkyl halides is 3. The van der Waals surface area contributed by atoms with Crippen LogP contribution < -0.4 is 9.47 Å². The molecule has 8 heteroatoms. The van der Waals surface area contributed by atoms with Crippen LogP contribution in [0.5, 0.6) is 11.5 Å². The van der Waals surface area contributed by atoms with Crippen molar-refractivity contribution in [3.05, 3.63) is 23.8 Å². The van der Waals surface area contributed by atoms with E-state index in [2.05, 4.69) is 0 Å². The molecule has 0 unspecified atom stereocenters. The van der Waals surface area contributed by atoms with Gasteiger partial charge in [0, 0.05) is 5.56 Å². The number of rotatable bonds is 1. The molecule has 0 aliphatic carbocycles. The Morgan fingerprint density at radius 3 is 2.80 bits per heavy atom. The summed E-state index contributed by atoms with van der Waals surface area (Å²) < 4.78 is 13.3. The molecule has 1 aromatic carbocycles. The van der Waals surface area contributed by atoms with Crippen LogP contribution in [0.25, 0.3) is 0 Å². The molecule has 2 rings (SSSR count). The summed E-state index contributed by atoms with van der Waals surface area (Å²) in [5.41, 5.74) is 0.795. The molecule has 0 atom stereocenters. The predicted octanol–water partition coefficient (Wildman–Crippen LogP) is 3.35. The maximum absolute atomic E-state index is 11.9. The lowest BCUT2D eigenvalue weighted by Gasteiger charge is -2.22. The first-order chi connectivity index (χ1) is 9.39. The van der Waals surface area contributed by atoms with Gasteiger partial charge in [-0.3, -0.25) is 0 Å². The third kappa shape index (κ3) is 3.98. The van der Waals surface area contributed by atoms with E-state index < -0.39 is 10.1 Å². The average Bonchev–Trinajstić information content (AvgIpc) is 2.57. The molecule has 0 saturated carbocycles. The molecular weight excluding hydrogens is 328 g/mol. The highest BCUT2D eigenvalue weighted by atomic mass is 35.6. The molecule has 1 aliphatic heterocycles. The molecule has 0 N–H and O–H groups in total.